The van der Waals surface area contributed by atoms with Crippen molar-refractivity contribution in [3.05, 3.63) is 76.2 Å². The maximum Gasteiger partial charge on any atom is 0.259 e. The van der Waals surface area contributed by atoms with Crippen LogP contribution in [0.4, 0.5) is 10.7 Å². The Labute approximate surface area is 188 Å². The lowest BCUT2D eigenvalue weighted by Crippen LogP contribution is -2.14. The van der Waals surface area contributed by atoms with E-state index in [0.717, 1.165) is 46.8 Å². The molecule has 0 atom stereocenters. The van der Waals surface area contributed by atoms with Crippen LogP contribution >= 0.6 is 11.3 Å². The van der Waals surface area contributed by atoms with E-state index in [2.05, 4.69) is 5.32 Å². The van der Waals surface area contributed by atoms with Gasteiger partial charge in [0.1, 0.15) is 10.8 Å². The van der Waals surface area contributed by atoms with Gasteiger partial charge in [0.15, 0.2) is 0 Å². The lowest BCUT2D eigenvalue weighted by Gasteiger charge is -2.12. The van der Waals surface area contributed by atoms with E-state index in [1.54, 1.807) is 11.3 Å². The lowest BCUT2D eigenvalue weighted by atomic mass is 9.96. The van der Waals surface area contributed by atoms with Crippen LogP contribution in [-0.4, -0.2) is 18.7 Å². The highest BCUT2D eigenvalue weighted by Crippen LogP contribution is 2.39. The highest BCUT2D eigenvalue weighted by Gasteiger charge is 2.24. The minimum absolute atomic E-state index is 0.0666. The minimum atomic E-state index is -0.0666. The van der Waals surface area contributed by atoms with Crippen LogP contribution in [0.1, 0.15) is 59.0 Å². The third-order valence-corrected chi connectivity index (χ3v) is 6.63. The Morgan fingerprint density at radius 2 is 1.77 bits per heavy atom. The van der Waals surface area contributed by atoms with Gasteiger partial charge in [-0.25, -0.2) is 4.99 Å². The molecule has 1 aromatic heterocycles. The van der Waals surface area contributed by atoms with Gasteiger partial charge in [0, 0.05) is 16.8 Å². The maximum absolute atomic E-state index is 13.3. The fraction of sp³-hybridized carbons (Fsp3) is 0.308. The Morgan fingerprint density at radius 1 is 1.03 bits per heavy atom. The van der Waals surface area contributed by atoms with Crippen molar-refractivity contribution in [3.8, 4) is 5.75 Å². The second kappa shape index (κ2) is 10.4. The smallest absolute Gasteiger partial charge is 0.259 e. The number of rotatable bonds is 6. The first-order valence-electron chi connectivity index (χ1n) is 11.0. The fourth-order valence-corrected chi connectivity index (χ4v) is 5.13. The Kier molecular flexibility index (Phi) is 7.15. The van der Waals surface area contributed by atoms with Crippen LogP contribution in [0.15, 0.2) is 59.6 Å². The van der Waals surface area contributed by atoms with Crippen molar-refractivity contribution < 1.29 is 9.53 Å². The molecule has 1 heterocycles. The first kappa shape index (κ1) is 21.3. The summed E-state index contributed by atoms with van der Waals surface area (Å²) in [7, 11) is 0. The van der Waals surface area contributed by atoms with E-state index in [4.69, 9.17) is 9.73 Å². The number of nitrogens with zero attached hydrogens (tertiary/aromatic N) is 1. The molecule has 0 radical (unpaired) electrons. The topological polar surface area (TPSA) is 50.7 Å². The molecule has 4 nitrogen and oxygen atoms in total. The first-order chi connectivity index (χ1) is 15.2. The first-order valence-corrected chi connectivity index (χ1v) is 11.8. The van der Waals surface area contributed by atoms with Crippen molar-refractivity contribution in [2.45, 2.75) is 45.4 Å². The van der Waals surface area contributed by atoms with Crippen LogP contribution in [0.3, 0.4) is 0 Å². The van der Waals surface area contributed by atoms with Crippen molar-refractivity contribution in [1.29, 1.82) is 0 Å². The SMILES string of the molecule is CCOc1ccc(C=Nc2sc3c(c2C(=O)Nc2ccccc2)CCCCCC3)cc1. The van der Waals surface area contributed by atoms with Crippen molar-refractivity contribution in [1.82, 2.24) is 0 Å². The number of aryl methyl sites for hydroxylation is 1. The van der Waals surface area contributed by atoms with E-state index < -0.39 is 0 Å². The van der Waals surface area contributed by atoms with Gasteiger partial charge in [-0.1, -0.05) is 31.0 Å². The van der Waals surface area contributed by atoms with Crippen LogP contribution in [0.25, 0.3) is 0 Å². The van der Waals surface area contributed by atoms with E-state index in [9.17, 15) is 4.79 Å². The number of para-hydroxylation sites is 1. The predicted octanol–water partition coefficient (Wildman–Crippen LogP) is 6.81. The highest BCUT2D eigenvalue weighted by molar-refractivity contribution is 7.16. The number of nitrogens with one attached hydrogen (secondary N) is 1. The summed E-state index contributed by atoms with van der Waals surface area (Å²) in [6.45, 7) is 2.62. The molecular formula is C26H28N2O2S. The monoisotopic (exact) mass is 432 g/mol. The molecule has 0 aliphatic heterocycles. The van der Waals surface area contributed by atoms with Gasteiger partial charge in [0.05, 0.1) is 12.2 Å². The zero-order valence-corrected chi connectivity index (χ0v) is 18.7. The molecule has 0 bridgehead atoms. The molecular weight excluding hydrogens is 404 g/mol. The number of hydrogen-bond acceptors (Lipinski definition) is 4. The molecule has 1 aliphatic rings. The molecule has 1 N–H and O–H groups in total. The molecule has 2 aromatic carbocycles. The zero-order valence-electron chi connectivity index (χ0n) is 17.9. The molecule has 3 aromatic rings. The molecule has 4 rings (SSSR count). The van der Waals surface area contributed by atoms with Crippen LogP contribution in [0.5, 0.6) is 5.75 Å². The van der Waals surface area contributed by atoms with Crippen molar-refractivity contribution in [3.63, 3.8) is 0 Å². The largest absolute Gasteiger partial charge is 0.494 e. The molecule has 0 fully saturated rings. The third kappa shape index (κ3) is 5.42. The minimum Gasteiger partial charge on any atom is -0.494 e. The summed E-state index contributed by atoms with van der Waals surface area (Å²) >= 11 is 1.67. The van der Waals surface area contributed by atoms with Gasteiger partial charge >= 0.3 is 0 Å². The molecule has 31 heavy (non-hydrogen) atoms. The van der Waals surface area contributed by atoms with Gasteiger partial charge in [-0.2, -0.15) is 0 Å². The Hall–Kier alpha value is -2.92. The van der Waals surface area contributed by atoms with E-state index >= 15 is 0 Å². The van der Waals surface area contributed by atoms with E-state index in [-0.39, 0.29) is 5.91 Å². The third-order valence-electron chi connectivity index (χ3n) is 5.43. The van der Waals surface area contributed by atoms with Crippen molar-refractivity contribution in [2.24, 2.45) is 4.99 Å². The molecule has 0 spiro atoms. The zero-order chi connectivity index (χ0) is 21.5. The van der Waals surface area contributed by atoms with Gasteiger partial charge < -0.3 is 10.1 Å². The van der Waals surface area contributed by atoms with Crippen LogP contribution < -0.4 is 10.1 Å². The molecule has 0 saturated carbocycles. The Bertz CT molecular complexity index is 1040. The molecule has 160 valence electrons. The van der Waals surface area contributed by atoms with E-state index in [1.165, 1.54) is 29.7 Å². The number of carbonyl (C=O) groups is 1. The van der Waals surface area contributed by atoms with Gasteiger partial charge in [-0.15, -0.1) is 11.3 Å². The summed E-state index contributed by atoms with van der Waals surface area (Å²) in [4.78, 5) is 19.4. The summed E-state index contributed by atoms with van der Waals surface area (Å²) in [6.07, 6.45) is 8.60. The summed E-state index contributed by atoms with van der Waals surface area (Å²) in [5.41, 5.74) is 3.73. The van der Waals surface area contributed by atoms with Crippen LogP contribution in [0.2, 0.25) is 0 Å². The fourth-order valence-electron chi connectivity index (χ4n) is 3.90. The number of hydrogen-bond donors (Lipinski definition) is 1. The number of fused-ring (bicyclic) bond motifs is 1. The molecule has 0 unspecified atom stereocenters. The molecule has 1 aliphatic carbocycles. The average molecular weight is 433 g/mol. The Morgan fingerprint density at radius 3 is 2.52 bits per heavy atom. The lowest BCUT2D eigenvalue weighted by molar-refractivity contribution is 0.102. The van der Waals surface area contributed by atoms with Gasteiger partial charge in [-0.3, -0.25) is 4.79 Å². The second-order valence-electron chi connectivity index (χ2n) is 7.68. The summed E-state index contributed by atoms with van der Waals surface area (Å²) in [5, 5.41) is 3.87. The number of amides is 1. The average Bonchev–Trinajstić information content (AvgIpc) is 3.10. The number of benzene rings is 2. The van der Waals surface area contributed by atoms with E-state index in [0.29, 0.717) is 6.61 Å². The number of thiophene rings is 1. The molecule has 1 amide bonds. The molecule has 0 saturated heterocycles. The van der Waals surface area contributed by atoms with Gasteiger partial charge in [0.2, 0.25) is 0 Å². The summed E-state index contributed by atoms with van der Waals surface area (Å²) in [6, 6.07) is 17.5. The van der Waals surface area contributed by atoms with Gasteiger partial charge in [0.25, 0.3) is 5.91 Å². The normalized spacial score (nSPS) is 14.0. The standard InChI is InChI=1S/C26H28N2O2S/c1-2-30-21-16-14-19(15-17-21)18-27-26-24(25(29)28-20-10-6-5-7-11-20)22-12-8-3-4-9-13-23(22)31-26/h5-7,10-11,14-18H,2-4,8-9,12-13H2,1H3,(H,28,29). The van der Waals surface area contributed by atoms with E-state index in [1.807, 2.05) is 67.7 Å². The number of aliphatic imine (C=N–C) groups is 1. The van der Waals surface area contributed by atoms with Crippen LogP contribution in [-0.2, 0) is 12.8 Å². The van der Waals surface area contributed by atoms with Crippen molar-refractivity contribution >= 4 is 34.1 Å². The second-order valence-corrected chi connectivity index (χ2v) is 8.76. The molecule has 5 heteroatoms. The maximum atomic E-state index is 13.3. The van der Waals surface area contributed by atoms with Gasteiger partial charge in [-0.05, 0) is 80.1 Å². The predicted molar refractivity (Wildman–Crippen MR) is 129 cm³/mol. The number of ether oxygens (including phenoxy) is 1. The van der Waals surface area contributed by atoms with Crippen molar-refractivity contribution in [2.75, 3.05) is 11.9 Å². The Balaban J connectivity index is 1.65. The summed E-state index contributed by atoms with van der Waals surface area (Å²) < 4.78 is 5.51. The summed E-state index contributed by atoms with van der Waals surface area (Å²) in [5.74, 6) is 0.782. The highest BCUT2D eigenvalue weighted by atomic mass is 32.1. The van der Waals surface area contributed by atoms with Crippen LogP contribution in [0, 0.1) is 0 Å². The number of anilines is 1. The quantitative estimate of drug-likeness (QED) is 0.435. The number of carbonyl (C=O) groups excluding carboxylic acids is 1.